The standard InChI is InChI=1S/C15H22N2O5/c1-10(2)8-11(14(18)19)17-15(20)16-9-22-13-7-5-4-6-12(13)21-3/h4-7,10-11H,8-9H2,1-3H3,(H,18,19)(H2,16,17,20). The zero-order chi connectivity index (χ0) is 16.5. The molecule has 22 heavy (non-hydrogen) atoms. The van der Waals surface area contributed by atoms with Gasteiger partial charge in [0.05, 0.1) is 7.11 Å². The third-order valence-corrected chi connectivity index (χ3v) is 2.84. The van der Waals surface area contributed by atoms with Crippen LogP contribution in [0, 0.1) is 5.92 Å². The van der Waals surface area contributed by atoms with Crippen LogP contribution in [0.25, 0.3) is 0 Å². The van der Waals surface area contributed by atoms with Gasteiger partial charge in [0, 0.05) is 0 Å². The zero-order valence-corrected chi connectivity index (χ0v) is 13.0. The highest BCUT2D eigenvalue weighted by Gasteiger charge is 2.20. The van der Waals surface area contributed by atoms with Crippen molar-refractivity contribution in [1.29, 1.82) is 0 Å². The summed E-state index contributed by atoms with van der Waals surface area (Å²) in [7, 11) is 1.52. The molecule has 0 radical (unpaired) electrons. The molecule has 0 fully saturated rings. The number of para-hydroxylation sites is 2. The van der Waals surface area contributed by atoms with Gasteiger partial charge in [-0.15, -0.1) is 0 Å². The second-order valence-electron chi connectivity index (χ2n) is 5.11. The number of carboxylic acid groups (broad SMARTS) is 1. The molecule has 0 heterocycles. The summed E-state index contributed by atoms with van der Waals surface area (Å²) in [5.74, 6) is 0.135. The summed E-state index contributed by atoms with van der Waals surface area (Å²) in [6.45, 7) is 3.68. The van der Waals surface area contributed by atoms with E-state index in [2.05, 4.69) is 10.6 Å². The Morgan fingerprint density at radius 2 is 1.86 bits per heavy atom. The molecule has 0 aliphatic carbocycles. The second-order valence-corrected chi connectivity index (χ2v) is 5.11. The maximum Gasteiger partial charge on any atom is 0.326 e. The lowest BCUT2D eigenvalue weighted by Gasteiger charge is -2.17. The third-order valence-electron chi connectivity index (χ3n) is 2.84. The van der Waals surface area contributed by atoms with Crippen LogP contribution in [0.3, 0.4) is 0 Å². The maximum absolute atomic E-state index is 11.7. The van der Waals surface area contributed by atoms with E-state index in [4.69, 9.17) is 14.6 Å². The molecule has 1 aromatic rings. The molecule has 1 atom stereocenters. The Balaban J connectivity index is 2.43. The Kier molecular flexibility index (Phi) is 7.01. The van der Waals surface area contributed by atoms with Crippen LogP contribution in [0.4, 0.5) is 4.79 Å². The van der Waals surface area contributed by atoms with Crippen LogP contribution in [0.2, 0.25) is 0 Å². The quantitative estimate of drug-likeness (QED) is 0.636. The molecule has 0 saturated heterocycles. The van der Waals surface area contributed by atoms with Gasteiger partial charge in [-0.25, -0.2) is 9.59 Å². The first-order chi connectivity index (χ1) is 10.4. The van der Waals surface area contributed by atoms with Crippen LogP contribution in [0.1, 0.15) is 20.3 Å². The maximum atomic E-state index is 11.7. The lowest BCUT2D eigenvalue weighted by Crippen LogP contribution is -2.47. The Morgan fingerprint density at radius 3 is 2.41 bits per heavy atom. The fourth-order valence-corrected chi connectivity index (χ4v) is 1.82. The van der Waals surface area contributed by atoms with Gasteiger partial charge < -0.3 is 25.2 Å². The second kappa shape index (κ2) is 8.76. The number of urea groups is 1. The topological polar surface area (TPSA) is 96.9 Å². The number of rotatable bonds is 8. The van der Waals surface area contributed by atoms with Crippen molar-refractivity contribution in [2.24, 2.45) is 5.92 Å². The zero-order valence-electron chi connectivity index (χ0n) is 13.0. The van der Waals surface area contributed by atoms with Crippen LogP contribution in [0.5, 0.6) is 11.5 Å². The normalized spacial score (nSPS) is 11.6. The van der Waals surface area contributed by atoms with Crippen LogP contribution in [0.15, 0.2) is 24.3 Å². The fourth-order valence-electron chi connectivity index (χ4n) is 1.82. The minimum atomic E-state index is -1.06. The molecule has 0 saturated carbocycles. The molecule has 7 heteroatoms. The van der Waals surface area contributed by atoms with Gasteiger partial charge in [0.1, 0.15) is 6.04 Å². The van der Waals surface area contributed by atoms with Gasteiger partial charge in [0.25, 0.3) is 0 Å². The molecule has 0 aromatic heterocycles. The number of amides is 2. The largest absolute Gasteiger partial charge is 0.493 e. The van der Waals surface area contributed by atoms with E-state index < -0.39 is 18.0 Å². The third kappa shape index (κ3) is 5.90. The first-order valence-corrected chi connectivity index (χ1v) is 6.97. The molecule has 0 aliphatic rings. The van der Waals surface area contributed by atoms with Crippen molar-refractivity contribution in [2.75, 3.05) is 13.8 Å². The van der Waals surface area contributed by atoms with Gasteiger partial charge in [-0.3, -0.25) is 0 Å². The summed E-state index contributed by atoms with van der Waals surface area (Å²) in [5, 5.41) is 13.9. The molecular weight excluding hydrogens is 288 g/mol. The SMILES string of the molecule is COc1ccccc1OCNC(=O)NC(CC(C)C)C(=O)O. The van der Waals surface area contributed by atoms with E-state index >= 15 is 0 Å². The van der Waals surface area contributed by atoms with E-state index in [1.165, 1.54) is 7.11 Å². The van der Waals surface area contributed by atoms with Crippen molar-refractivity contribution in [3.8, 4) is 11.5 Å². The lowest BCUT2D eigenvalue weighted by molar-refractivity contribution is -0.139. The highest BCUT2D eigenvalue weighted by Crippen LogP contribution is 2.25. The average Bonchev–Trinajstić information content (AvgIpc) is 2.46. The molecule has 0 spiro atoms. The van der Waals surface area contributed by atoms with Gasteiger partial charge in [0.2, 0.25) is 0 Å². The molecule has 1 aromatic carbocycles. The fraction of sp³-hybridized carbons (Fsp3) is 0.467. The lowest BCUT2D eigenvalue weighted by atomic mass is 10.0. The predicted octanol–water partition coefficient (Wildman–Crippen LogP) is 1.83. The van der Waals surface area contributed by atoms with Crippen molar-refractivity contribution in [3.05, 3.63) is 24.3 Å². The van der Waals surface area contributed by atoms with Crippen LogP contribution >= 0.6 is 0 Å². The average molecular weight is 310 g/mol. The van der Waals surface area contributed by atoms with Crippen molar-refractivity contribution >= 4 is 12.0 Å². The van der Waals surface area contributed by atoms with Crippen molar-refractivity contribution in [1.82, 2.24) is 10.6 Å². The molecular formula is C15H22N2O5. The van der Waals surface area contributed by atoms with Gasteiger partial charge in [-0.2, -0.15) is 0 Å². The molecule has 0 bridgehead atoms. The van der Waals surface area contributed by atoms with Crippen molar-refractivity contribution < 1.29 is 24.2 Å². The number of hydrogen-bond acceptors (Lipinski definition) is 4. The van der Waals surface area contributed by atoms with Gasteiger partial charge >= 0.3 is 12.0 Å². The minimum absolute atomic E-state index is 0.0970. The van der Waals surface area contributed by atoms with Crippen LogP contribution < -0.4 is 20.1 Å². The molecule has 2 amide bonds. The summed E-state index contributed by atoms with van der Waals surface area (Å²) in [6, 6.07) is 5.50. The smallest absolute Gasteiger partial charge is 0.326 e. The monoisotopic (exact) mass is 310 g/mol. The highest BCUT2D eigenvalue weighted by atomic mass is 16.5. The van der Waals surface area contributed by atoms with Crippen molar-refractivity contribution in [3.63, 3.8) is 0 Å². The molecule has 122 valence electrons. The summed E-state index contributed by atoms with van der Waals surface area (Å²) in [5.41, 5.74) is 0. The highest BCUT2D eigenvalue weighted by molar-refractivity contribution is 5.82. The molecule has 1 unspecified atom stereocenters. The number of carboxylic acids is 1. The predicted molar refractivity (Wildman–Crippen MR) is 81.0 cm³/mol. The Labute approximate surface area is 129 Å². The number of nitrogens with one attached hydrogen (secondary N) is 2. The van der Waals surface area contributed by atoms with E-state index in [-0.39, 0.29) is 12.6 Å². The minimum Gasteiger partial charge on any atom is -0.493 e. The number of aliphatic carboxylic acids is 1. The number of carbonyl (C=O) groups excluding carboxylic acids is 1. The Morgan fingerprint density at radius 1 is 1.23 bits per heavy atom. The Bertz CT molecular complexity index is 504. The van der Waals surface area contributed by atoms with E-state index in [0.29, 0.717) is 17.9 Å². The van der Waals surface area contributed by atoms with E-state index in [9.17, 15) is 9.59 Å². The number of carbonyl (C=O) groups is 2. The van der Waals surface area contributed by atoms with Gasteiger partial charge in [-0.1, -0.05) is 26.0 Å². The summed E-state index contributed by atoms with van der Waals surface area (Å²) >= 11 is 0. The first kappa shape index (κ1) is 17.6. The van der Waals surface area contributed by atoms with E-state index in [1.807, 2.05) is 13.8 Å². The molecule has 1 rings (SSSR count). The first-order valence-electron chi connectivity index (χ1n) is 6.97. The molecule has 0 aliphatic heterocycles. The van der Waals surface area contributed by atoms with E-state index in [1.54, 1.807) is 24.3 Å². The number of hydrogen-bond donors (Lipinski definition) is 3. The number of benzene rings is 1. The van der Waals surface area contributed by atoms with Crippen LogP contribution in [-0.2, 0) is 4.79 Å². The van der Waals surface area contributed by atoms with Gasteiger partial charge in [-0.05, 0) is 24.5 Å². The summed E-state index contributed by atoms with van der Waals surface area (Å²) < 4.78 is 10.5. The number of methoxy groups -OCH3 is 1. The van der Waals surface area contributed by atoms with E-state index in [0.717, 1.165) is 0 Å². The summed E-state index contributed by atoms with van der Waals surface area (Å²) in [6.07, 6.45) is 0.357. The Hall–Kier alpha value is -2.44. The molecule has 7 nitrogen and oxygen atoms in total. The molecule has 3 N–H and O–H groups in total. The van der Waals surface area contributed by atoms with Crippen molar-refractivity contribution in [2.45, 2.75) is 26.3 Å². The number of ether oxygens (including phenoxy) is 2. The summed E-state index contributed by atoms with van der Waals surface area (Å²) in [4.78, 5) is 22.7. The van der Waals surface area contributed by atoms with Crippen LogP contribution in [-0.4, -0.2) is 37.0 Å². The van der Waals surface area contributed by atoms with Gasteiger partial charge in [0.15, 0.2) is 18.2 Å².